The molecule has 106 valence electrons. The van der Waals surface area contributed by atoms with E-state index < -0.39 is 11.9 Å². The first-order valence-corrected chi connectivity index (χ1v) is 6.78. The molecule has 2 aromatic carbocycles. The lowest BCUT2D eigenvalue weighted by molar-refractivity contribution is 0.0526. The van der Waals surface area contributed by atoms with E-state index in [1.54, 1.807) is 31.2 Å². The van der Waals surface area contributed by atoms with Crippen LogP contribution in [0.2, 0.25) is 0 Å². The van der Waals surface area contributed by atoms with Crippen molar-refractivity contribution in [2.45, 2.75) is 13.3 Å². The van der Waals surface area contributed by atoms with E-state index >= 15 is 0 Å². The first kappa shape index (κ1) is 13.4. The van der Waals surface area contributed by atoms with Crippen molar-refractivity contribution in [1.82, 2.24) is 0 Å². The summed E-state index contributed by atoms with van der Waals surface area (Å²) >= 11 is 0. The SMILES string of the molecule is CCOC(=O)c1cccc2c1-c1c(cccc1C(=O)O)C2. The van der Waals surface area contributed by atoms with Gasteiger partial charge in [-0.1, -0.05) is 24.3 Å². The molecule has 0 unspecified atom stereocenters. The molecule has 0 heterocycles. The zero-order chi connectivity index (χ0) is 15.0. The number of hydrogen-bond donors (Lipinski definition) is 1. The Labute approximate surface area is 122 Å². The molecule has 0 aliphatic heterocycles. The summed E-state index contributed by atoms with van der Waals surface area (Å²) in [7, 11) is 0. The van der Waals surface area contributed by atoms with Gasteiger partial charge < -0.3 is 9.84 Å². The van der Waals surface area contributed by atoms with Crippen molar-refractivity contribution in [3.8, 4) is 11.1 Å². The van der Waals surface area contributed by atoms with Crippen LogP contribution >= 0.6 is 0 Å². The van der Waals surface area contributed by atoms with Gasteiger partial charge in [0.2, 0.25) is 0 Å². The topological polar surface area (TPSA) is 63.6 Å². The molecule has 0 saturated heterocycles. The van der Waals surface area contributed by atoms with Crippen molar-refractivity contribution in [2.75, 3.05) is 6.61 Å². The summed E-state index contributed by atoms with van der Waals surface area (Å²) in [6.07, 6.45) is 0.638. The molecule has 1 aliphatic rings. The van der Waals surface area contributed by atoms with Crippen LogP contribution in [0.1, 0.15) is 38.8 Å². The van der Waals surface area contributed by atoms with Gasteiger partial charge in [0, 0.05) is 11.1 Å². The van der Waals surface area contributed by atoms with Gasteiger partial charge in [-0.2, -0.15) is 0 Å². The quantitative estimate of drug-likeness (QED) is 0.750. The van der Waals surface area contributed by atoms with E-state index in [0.29, 0.717) is 23.1 Å². The first-order chi connectivity index (χ1) is 10.1. The summed E-state index contributed by atoms with van der Waals surface area (Å²) in [5.41, 5.74) is 3.89. The second kappa shape index (κ2) is 5.05. The van der Waals surface area contributed by atoms with E-state index in [1.165, 1.54) is 0 Å². The summed E-state index contributed by atoms with van der Waals surface area (Å²) in [5.74, 6) is -1.40. The lowest BCUT2D eigenvalue weighted by Crippen LogP contribution is -2.08. The Morgan fingerprint density at radius 2 is 1.62 bits per heavy atom. The molecule has 0 radical (unpaired) electrons. The van der Waals surface area contributed by atoms with E-state index in [1.807, 2.05) is 12.1 Å². The Hall–Kier alpha value is -2.62. The Bertz CT molecular complexity index is 746. The van der Waals surface area contributed by atoms with E-state index in [9.17, 15) is 14.7 Å². The lowest BCUT2D eigenvalue weighted by atomic mass is 9.95. The number of rotatable bonds is 3. The highest BCUT2D eigenvalue weighted by Gasteiger charge is 2.28. The molecule has 0 atom stereocenters. The maximum atomic E-state index is 12.1. The van der Waals surface area contributed by atoms with Gasteiger partial charge in [-0.15, -0.1) is 0 Å². The van der Waals surface area contributed by atoms with Gasteiger partial charge in [-0.25, -0.2) is 9.59 Å². The third kappa shape index (κ3) is 2.09. The molecule has 2 aromatic rings. The minimum absolute atomic E-state index is 0.225. The van der Waals surface area contributed by atoms with Crippen molar-refractivity contribution < 1.29 is 19.4 Å². The van der Waals surface area contributed by atoms with E-state index in [4.69, 9.17) is 4.74 Å². The third-order valence-corrected chi connectivity index (χ3v) is 3.66. The average molecular weight is 282 g/mol. The lowest BCUT2D eigenvalue weighted by Gasteiger charge is -2.10. The van der Waals surface area contributed by atoms with Gasteiger partial charge in [0.15, 0.2) is 0 Å². The van der Waals surface area contributed by atoms with Crippen molar-refractivity contribution in [2.24, 2.45) is 0 Å². The number of esters is 1. The van der Waals surface area contributed by atoms with Crippen molar-refractivity contribution in [1.29, 1.82) is 0 Å². The van der Waals surface area contributed by atoms with Crippen molar-refractivity contribution in [3.05, 3.63) is 58.7 Å². The Morgan fingerprint density at radius 3 is 2.19 bits per heavy atom. The molecule has 0 bridgehead atoms. The highest BCUT2D eigenvalue weighted by molar-refractivity contribution is 6.05. The summed E-state index contributed by atoms with van der Waals surface area (Å²) < 4.78 is 5.08. The zero-order valence-electron chi connectivity index (χ0n) is 11.6. The van der Waals surface area contributed by atoms with Crippen LogP contribution in [0.5, 0.6) is 0 Å². The van der Waals surface area contributed by atoms with Crippen LogP contribution in [0.15, 0.2) is 36.4 Å². The van der Waals surface area contributed by atoms with E-state index in [0.717, 1.165) is 11.1 Å². The van der Waals surface area contributed by atoms with Crippen molar-refractivity contribution in [3.63, 3.8) is 0 Å². The van der Waals surface area contributed by atoms with Crippen LogP contribution in [-0.4, -0.2) is 23.7 Å². The fourth-order valence-electron chi connectivity index (χ4n) is 2.85. The van der Waals surface area contributed by atoms with Crippen LogP contribution in [0.3, 0.4) is 0 Å². The standard InChI is InChI=1S/C17H14O4/c1-2-21-17(20)13-8-4-6-11-9-10-5-3-7-12(16(18)19)14(10)15(11)13/h3-8H,2,9H2,1H3,(H,18,19). The minimum atomic E-state index is -0.988. The summed E-state index contributed by atoms with van der Waals surface area (Å²) in [4.78, 5) is 23.6. The highest BCUT2D eigenvalue weighted by atomic mass is 16.5. The maximum absolute atomic E-state index is 12.1. The number of carboxylic acids is 1. The summed E-state index contributed by atoms with van der Waals surface area (Å²) in [5, 5.41) is 9.39. The Morgan fingerprint density at radius 1 is 1.05 bits per heavy atom. The predicted molar refractivity (Wildman–Crippen MR) is 77.6 cm³/mol. The molecule has 0 amide bonds. The van der Waals surface area contributed by atoms with Gasteiger partial charge in [0.25, 0.3) is 0 Å². The van der Waals surface area contributed by atoms with Gasteiger partial charge >= 0.3 is 11.9 Å². The molecule has 1 aliphatic carbocycles. The molecule has 0 aromatic heterocycles. The molecule has 0 fully saturated rings. The smallest absolute Gasteiger partial charge is 0.338 e. The van der Waals surface area contributed by atoms with Gasteiger partial charge in [-0.05, 0) is 36.6 Å². The highest BCUT2D eigenvalue weighted by Crippen LogP contribution is 2.41. The predicted octanol–water partition coefficient (Wildman–Crippen LogP) is 3.13. The zero-order valence-corrected chi connectivity index (χ0v) is 11.6. The number of aromatic carboxylic acids is 1. The fourth-order valence-corrected chi connectivity index (χ4v) is 2.85. The Kier molecular flexibility index (Phi) is 3.22. The molecular formula is C17H14O4. The average Bonchev–Trinajstić information content (AvgIpc) is 2.85. The largest absolute Gasteiger partial charge is 0.478 e. The summed E-state index contributed by atoms with van der Waals surface area (Å²) in [6, 6.07) is 10.6. The normalized spacial score (nSPS) is 11.7. The molecule has 0 spiro atoms. The monoisotopic (exact) mass is 282 g/mol. The second-order valence-electron chi connectivity index (χ2n) is 4.88. The van der Waals surface area contributed by atoms with Crippen LogP contribution < -0.4 is 0 Å². The van der Waals surface area contributed by atoms with E-state index in [2.05, 4.69) is 0 Å². The molecule has 21 heavy (non-hydrogen) atoms. The van der Waals surface area contributed by atoms with Crippen LogP contribution in [0.25, 0.3) is 11.1 Å². The van der Waals surface area contributed by atoms with Crippen LogP contribution in [-0.2, 0) is 11.2 Å². The van der Waals surface area contributed by atoms with Gasteiger partial charge in [-0.3, -0.25) is 0 Å². The first-order valence-electron chi connectivity index (χ1n) is 6.78. The minimum Gasteiger partial charge on any atom is -0.478 e. The number of carboxylic acid groups (broad SMARTS) is 1. The molecule has 1 N–H and O–H groups in total. The van der Waals surface area contributed by atoms with Gasteiger partial charge in [0.1, 0.15) is 0 Å². The fraction of sp³-hybridized carbons (Fsp3) is 0.176. The molecular weight excluding hydrogens is 268 g/mol. The molecule has 4 heteroatoms. The number of hydrogen-bond acceptors (Lipinski definition) is 3. The van der Waals surface area contributed by atoms with Gasteiger partial charge in [0.05, 0.1) is 17.7 Å². The molecule has 3 rings (SSSR count). The van der Waals surface area contributed by atoms with Crippen LogP contribution in [0, 0.1) is 0 Å². The number of ether oxygens (including phenoxy) is 1. The van der Waals surface area contributed by atoms with Crippen molar-refractivity contribution >= 4 is 11.9 Å². The molecule has 4 nitrogen and oxygen atoms in total. The second-order valence-corrected chi connectivity index (χ2v) is 4.88. The number of benzene rings is 2. The number of carbonyl (C=O) groups excluding carboxylic acids is 1. The Balaban J connectivity index is 2.26. The number of carbonyl (C=O) groups is 2. The van der Waals surface area contributed by atoms with Crippen LogP contribution in [0.4, 0.5) is 0 Å². The molecule has 0 saturated carbocycles. The number of fused-ring (bicyclic) bond motifs is 3. The third-order valence-electron chi connectivity index (χ3n) is 3.66. The summed E-state index contributed by atoms with van der Waals surface area (Å²) in [6.45, 7) is 2.04. The maximum Gasteiger partial charge on any atom is 0.338 e. The van der Waals surface area contributed by atoms with E-state index in [-0.39, 0.29) is 12.2 Å².